The molecule has 36 valence electrons. The van der Waals surface area contributed by atoms with Crippen molar-refractivity contribution < 1.29 is 4.21 Å². The fourth-order valence-corrected chi connectivity index (χ4v) is 0.321. The Morgan fingerprint density at radius 2 is 2.50 bits per heavy atom. The Hall–Kier alpha value is -0.310. The lowest BCUT2D eigenvalue weighted by Gasteiger charge is -1.84. The monoisotopic (exact) mass is 104 g/mol. The van der Waals surface area contributed by atoms with Gasteiger partial charge >= 0.3 is 0 Å². The highest BCUT2D eigenvalue weighted by Gasteiger charge is 1.52. The second-order valence-corrected chi connectivity index (χ2v) is 1.83. The van der Waals surface area contributed by atoms with Gasteiger partial charge in [-0.25, -0.2) is 0 Å². The first kappa shape index (κ1) is 5.69. The van der Waals surface area contributed by atoms with Crippen molar-refractivity contribution in [2.75, 3.05) is 5.75 Å². The molecule has 0 aliphatic carbocycles. The summed E-state index contributed by atoms with van der Waals surface area (Å²) >= 11 is 0. The summed E-state index contributed by atoms with van der Waals surface area (Å²) in [6, 6.07) is 0. The number of hydrogen-bond donors (Lipinski definition) is 1. The van der Waals surface area contributed by atoms with Crippen LogP contribution in [-0.2, 0) is 14.8 Å². The van der Waals surface area contributed by atoms with E-state index in [-0.39, 0.29) is 5.75 Å². The quantitative estimate of drug-likeness (QED) is 0.410. The fourth-order valence-electron chi connectivity index (χ4n) is 0.107. The summed E-state index contributed by atoms with van der Waals surface area (Å²) in [5.74, 6) is 0.278. The zero-order valence-corrected chi connectivity index (χ0v) is 4.12. The van der Waals surface area contributed by atoms with Crippen LogP contribution in [0.4, 0.5) is 0 Å². The molecule has 0 spiro atoms. The third-order valence-electron chi connectivity index (χ3n) is 0.269. The van der Waals surface area contributed by atoms with Gasteiger partial charge in [-0.1, -0.05) is 5.75 Å². The van der Waals surface area contributed by atoms with Crippen LogP contribution in [0.3, 0.4) is 0 Å². The molecular weight excluding hydrogens is 98.1 g/mol. The minimum atomic E-state index is -1.43. The van der Waals surface area contributed by atoms with Crippen molar-refractivity contribution in [1.29, 1.82) is 4.78 Å². The summed E-state index contributed by atoms with van der Waals surface area (Å²) in [4.78, 5) is 0. The Balaban J connectivity index is 3.32. The van der Waals surface area contributed by atoms with Crippen LogP contribution in [0, 0.1) is 4.78 Å². The Morgan fingerprint density at radius 1 is 2.00 bits per heavy atom. The van der Waals surface area contributed by atoms with E-state index in [2.05, 4.69) is 6.58 Å². The molecule has 0 atom stereocenters. The summed E-state index contributed by atoms with van der Waals surface area (Å²) in [6.45, 7) is 3.29. The van der Waals surface area contributed by atoms with Crippen LogP contribution in [0.1, 0.15) is 0 Å². The van der Waals surface area contributed by atoms with E-state index in [0.29, 0.717) is 0 Å². The Labute approximate surface area is 38.9 Å². The molecule has 0 radical (unpaired) electrons. The van der Waals surface area contributed by atoms with Crippen LogP contribution in [-0.4, -0.2) is 5.75 Å². The highest BCUT2D eigenvalue weighted by Crippen LogP contribution is 1.64. The summed E-state index contributed by atoms with van der Waals surface area (Å²) < 4.78 is 16.1. The Bertz CT molecular complexity index is 97.4. The van der Waals surface area contributed by atoms with Crippen LogP contribution in [0.15, 0.2) is 12.7 Å². The van der Waals surface area contributed by atoms with E-state index in [1.807, 2.05) is 0 Å². The second kappa shape index (κ2) is 2.90. The summed E-state index contributed by atoms with van der Waals surface area (Å²) in [7, 11) is -1.43. The van der Waals surface area contributed by atoms with E-state index >= 15 is 0 Å². The van der Waals surface area contributed by atoms with Crippen molar-refractivity contribution in [3.8, 4) is 0 Å². The molecule has 6 heavy (non-hydrogen) atoms. The number of nitrogens with one attached hydrogen (secondary N) is 1. The average Bonchev–Trinajstić information content (AvgIpc) is 1.35. The third-order valence-corrected chi connectivity index (χ3v) is 0.808. The maximum absolute atomic E-state index is 9.75. The molecule has 0 saturated carbocycles. The lowest BCUT2D eigenvalue weighted by Crippen LogP contribution is -1.72. The first-order chi connectivity index (χ1) is 2.77. The molecule has 0 bridgehead atoms. The van der Waals surface area contributed by atoms with Crippen LogP contribution in [0.5, 0.6) is 0 Å². The molecular formula is C3H6NOS-. The van der Waals surface area contributed by atoms with E-state index in [1.54, 1.807) is 0 Å². The maximum atomic E-state index is 9.75. The first-order valence-electron chi connectivity index (χ1n) is 1.48. The topological polar surface area (TPSA) is 40.9 Å². The van der Waals surface area contributed by atoms with Crippen LogP contribution >= 0.6 is 0 Å². The zero-order chi connectivity index (χ0) is 4.99. The van der Waals surface area contributed by atoms with Gasteiger partial charge in [0, 0.05) is 0 Å². The van der Waals surface area contributed by atoms with Crippen molar-refractivity contribution in [3.63, 3.8) is 0 Å². The summed E-state index contributed by atoms with van der Waals surface area (Å²) in [6.07, 6.45) is 1.46. The van der Waals surface area contributed by atoms with Gasteiger partial charge in [0.25, 0.3) is 0 Å². The van der Waals surface area contributed by atoms with E-state index in [4.69, 9.17) is 4.78 Å². The van der Waals surface area contributed by atoms with Crippen molar-refractivity contribution in [3.05, 3.63) is 12.7 Å². The smallest absolute Gasteiger partial charge is 0.0724 e. The fraction of sp³-hybridized carbons (Fsp3) is 0.333. The number of hydrogen-bond acceptors (Lipinski definition) is 3. The molecule has 0 aromatic heterocycles. The maximum Gasteiger partial charge on any atom is -0.0724 e. The van der Waals surface area contributed by atoms with Crippen molar-refractivity contribution >= 4 is 10.6 Å². The molecule has 0 saturated heterocycles. The molecule has 0 heterocycles. The van der Waals surface area contributed by atoms with E-state index in [0.717, 1.165) is 0 Å². The van der Waals surface area contributed by atoms with Gasteiger partial charge in [0.05, 0.1) is 0 Å². The summed E-state index contributed by atoms with van der Waals surface area (Å²) in [5.41, 5.74) is 0. The van der Waals surface area contributed by atoms with Crippen molar-refractivity contribution in [2.24, 2.45) is 0 Å². The van der Waals surface area contributed by atoms with Crippen molar-refractivity contribution in [2.45, 2.75) is 0 Å². The molecule has 0 fully saturated rings. The van der Waals surface area contributed by atoms with Gasteiger partial charge < -0.3 is 8.99 Å². The highest BCUT2D eigenvalue weighted by atomic mass is 32.2. The first-order valence-corrected chi connectivity index (χ1v) is 2.79. The second-order valence-electron chi connectivity index (χ2n) is 0.801. The largest absolute Gasteiger partial charge is 0.444 e. The van der Waals surface area contributed by atoms with Gasteiger partial charge in [0.1, 0.15) is 0 Å². The standard InChI is InChI=1S/C3H6NOS/c1-2-3-6(4)5/h2,4H,1,3H2/q-1. The molecule has 0 aromatic carbocycles. The normalized spacial score (nSPS) is 8.83. The molecule has 0 unspecified atom stereocenters. The van der Waals surface area contributed by atoms with Crippen molar-refractivity contribution in [1.82, 2.24) is 0 Å². The molecule has 0 aliphatic heterocycles. The SMILES string of the molecule is C=CC[S-](=N)=O. The van der Waals surface area contributed by atoms with Gasteiger partial charge in [-0.3, -0.25) is 0 Å². The lowest BCUT2D eigenvalue weighted by atomic mass is 10.8. The molecule has 0 amide bonds. The van der Waals surface area contributed by atoms with E-state index < -0.39 is 10.6 Å². The van der Waals surface area contributed by atoms with Crippen LogP contribution in [0.2, 0.25) is 0 Å². The Kier molecular flexibility index (Phi) is 2.75. The van der Waals surface area contributed by atoms with E-state index in [1.165, 1.54) is 6.08 Å². The molecule has 0 aliphatic rings. The van der Waals surface area contributed by atoms with Crippen LogP contribution < -0.4 is 0 Å². The predicted octanol–water partition coefficient (Wildman–Crippen LogP) is 0.899. The lowest BCUT2D eigenvalue weighted by molar-refractivity contribution is 0.600. The minimum absolute atomic E-state index is 0.278. The number of rotatable bonds is 2. The highest BCUT2D eigenvalue weighted by molar-refractivity contribution is 7.73. The van der Waals surface area contributed by atoms with Crippen LogP contribution in [0.25, 0.3) is 0 Å². The summed E-state index contributed by atoms with van der Waals surface area (Å²) in [5, 5.41) is 0. The van der Waals surface area contributed by atoms with Gasteiger partial charge in [0.2, 0.25) is 0 Å². The molecule has 0 rings (SSSR count). The Morgan fingerprint density at radius 3 is 2.50 bits per heavy atom. The molecule has 2 nitrogen and oxygen atoms in total. The van der Waals surface area contributed by atoms with Gasteiger partial charge in [-0.05, 0) is 0 Å². The van der Waals surface area contributed by atoms with E-state index in [9.17, 15) is 4.21 Å². The van der Waals surface area contributed by atoms with Gasteiger partial charge in [-0.2, -0.15) is 10.6 Å². The van der Waals surface area contributed by atoms with Gasteiger partial charge in [0.15, 0.2) is 0 Å². The van der Waals surface area contributed by atoms with Gasteiger partial charge in [-0.15, -0.1) is 12.7 Å². The minimum Gasteiger partial charge on any atom is -0.444 e. The molecule has 1 N–H and O–H groups in total. The third kappa shape index (κ3) is 3.69. The average molecular weight is 104 g/mol. The predicted molar refractivity (Wildman–Crippen MR) is 25.8 cm³/mol. The molecule has 0 aromatic rings. The molecule has 3 heteroatoms. The zero-order valence-electron chi connectivity index (χ0n) is 3.31.